The van der Waals surface area contributed by atoms with Crippen LogP contribution in [0.15, 0.2) is 45.7 Å². The van der Waals surface area contributed by atoms with Crippen LogP contribution in [0.5, 0.6) is 5.75 Å². The van der Waals surface area contributed by atoms with E-state index in [1.807, 2.05) is 31.2 Å². The van der Waals surface area contributed by atoms with Gasteiger partial charge in [-0.05, 0) is 44.4 Å². The zero-order valence-electron chi connectivity index (χ0n) is 15.7. The number of aryl methyl sites for hydroxylation is 2. The Kier molecular flexibility index (Phi) is 4.42. The van der Waals surface area contributed by atoms with Gasteiger partial charge in [-0.15, -0.1) is 0 Å². The number of benzene rings is 2. The maximum Gasteiger partial charge on any atom is 0.252 e. The minimum Gasteiger partial charge on any atom is -0.488 e. The summed E-state index contributed by atoms with van der Waals surface area (Å²) in [7, 11) is -3.67. The molecular weight excluding hydrogens is 378 g/mol. The van der Waals surface area contributed by atoms with Crippen LogP contribution in [0.3, 0.4) is 0 Å². The molecule has 7 heteroatoms. The summed E-state index contributed by atoms with van der Waals surface area (Å²) in [6.45, 7) is 3.79. The Bertz CT molecular complexity index is 1190. The van der Waals surface area contributed by atoms with Crippen LogP contribution in [0, 0.1) is 13.8 Å². The molecule has 0 bridgehead atoms. The number of sulfone groups is 1. The molecule has 1 saturated carbocycles. The van der Waals surface area contributed by atoms with Gasteiger partial charge in [0.15, 0.2) is 9.84 Å². The third-order valence-corrected chi connectivity index (χ3v) is 7.24. The van der Waals surface area contributed by atoms with E-state index >= 15 is 0 Å². The fourth-order valence-electron chi connectivity index (χ4n) is 3.46. The predicted molar refractivity (Wildman–Crippen MR) is 105 cm³/mol. The standard InChI is InChI=1S/C21H21NO5S/c1-12-4-3-5-14(10-12)11-26-17-9-8-16-19(18(21(22)23)13(2)27-16)20(17)28(24,25)15-6-7-15/h3-5,8-10,15H,6-7,11H2,1-2H3,(H2,22,23). The number of hydrogen-bond donors (Lipinski definition) is 1. The summed E-state index contributed by atoms with van der Waals surface area (Å²) in [5, 5.41) is -0.242. The molecule has 0 aliphatic heterocycles. The summed E-state index contributed by atoms with van der Waals surface area (Å²) in [5.41, 5.74) is 7.94. The fraction of sp³-hybridized carbons (Fsp3) is 0.286. The number of rotatable bonds is 6. The monoisotopic (exact) mass is 399 g/mol. The second-order valence-corrected chi connectivity index (χ2v) is 9.35. The van der Waals surface area contributed by atoms with Gasteiger partial charge in [-0.1, -0.05) is 29.8 Å². The maximum absolute atomic E-state index is 13.2. The van der Waals surface area contributed by atoms with Crippen LogP contribution in [-0.2, 0) is 16.4 Å². The second-order valence-electron chi connectivity index (χ2n) is 7.19. The fourth-order valence-corrected chi connectivity index (χ4v) is 5.44. The third-order valence-electron chi connectivity index (χ3n) is 4.92. The van der Waals surface area contributed by atoms with Crippen LogP contribution in [0.25, 0.3) is 11.0 Å². The Morgan fingerprint density at radius 3 is 2.61 bits per heavy atom. The smallest absolute Gasteiger partial charge is 0.252 e. The van der Waals surface area contributed by atoms with E-state index in [-0.39, 0.29) is 28.2 Å². The van der Waals surface area contributed by atoms with E-state index in [4.69, 9.17) is 14.9 Å². The first kappa shape index (κ1) is 18.6. The molecule has 2 aromatic carbocycles. The van der Waals surface area contributed by atoms with E-state index in [1.54, 1.807) is 19.1 Å². The van der Waals surface area contributed by atoms with Crippen LogP contribution in [0.1, 0.15) is 40.1 Å². The molecule has 3 aromatic rings. The first-order valence-electron chi connectivity index (χ1n) is 9.07. The van der Waals surface area contributed by atoms with Crippen molar-refractivity contribution < 1.29 is 22.4 Å². The molecule has 0 spiro atoms. The van der Waals surface area contributed by atoms with Gasteiger partial charge in [0.1, 0.15) is 28.6 Å². The molecule has 1 heterocycles. The number of fused-ring (bicyclic) bond motifs is 1. The van der Waals surface area contributed by atoms with Crippen molar-refractivity contribution in [3.8, 4) is 5.75 Å². The lowest BCUT2D eigenvalue weighted by molar-refractivity contribution is 0.1000. The maximum atomic E-state index is 13.2. The lowest BCUT2D eigenvalue weighted by Gasteiger charge is -2.14. The van der Waals surface area contributed by atoms with Crippen LogP contribution in [0.4, 0.5) is 0 Å². The Hall–Kier alpha value is -2.80. The van der Waals surface area contributed by atoms with Gasteiger partial charge < -0.3 is 14.9 Å². The van der Waals surface area contributed by atoms with E-state index in [1.165, 1.54) is 0 Å². The molecule has 4 rings (SSSR count). The number of amides is 1. The summed E-state index contributed by atoms with van der Waals surface area (Å²) in [6.07, 6.45) is 1.19. The molecule has 0 atom stereocenters. The van der Waals surface area contributed by atoms with Gasteiger partial charge in [0.05, 0.1) is 16.2 Å². The van der Waals surface area contributed by atoms with E-state index < -0.39 is 21.0 Å². The van der Waals surface area contributed by atoms with Gasteiger partial charge in [-0.25, -0.2) is 8.42 Å². The molecule has 2 N–H and O–H groups in total. The van der Waals surface area contributed by atoms with Gasteiger partial charge in [0.2, 0.25) is 0 Å². The minimum atomic E-state index is -3.67. The Morgan fingerprint density at radius 1 is 1.21 bits per heavy atom. The van der Waals surface area contributed by atoms with Crippen LogP contribution in [0.2, 0.25) is 0 Å². The van der Waals surface area contributed by atoms with Crippen molar-refractivity contribution in [1.82, 2.24) is 0 Å². The lowest BCUT2D eigenvalue weighted by atomic mass is 10.1. The van der Waals surface area contributed by atoms with Crippen molar-refractivity contribution in [2.75, 3.05) is 0 Å². The van der Waals surface area contributed by atoms with E-state index in [0.717, 1.165) is 11.1 Å². The highest BCUT2D eigenvalue weighted by molar-refractivity contribution is 7.92. The molecule has 0 unspecified atom stereocenters. The number of nitrogens with two attached hydrogens (primary N) is 1. The molecule has 1 aromatic heterocycles. The topological polar surface area (TPSA) is 99.6 Å². The largest absolute Gasteiger partial charge is 0.488 e. The number of primary amides is 1. The average Bonchev–Trinajstić information content (AvgIpc) is 3.42. The van der Waals surface area contributed by atoms with Gasteiger partial charge in [-0.2, -0.15) is 0 Å². The highest BCUT2D eigenvalue weighted by Gasteiger charge is 2.41. The van der Waals surface area contributed by atoms with Gasteiger partial charge in [0, 0.05) is 0 Å². The van der Waals surface area contributed by atoms with Crippen LogP contribution < -0.4 is 10.5 Å². The zero-order chi connectivity index (χ0) is 20.1. The van der Waals surface area contributed by atoms with Crippen molar-refractivity contribution in [2.45, 2.75) is 43.4 Å². The molecule has 0 saturated heterocycles. The quantitative estimate of drug-likeness (QED) is 0.682. The van der Waals surface area contributed by atoms with E-state index in [2.05, 4.69) is 0 Å². The highest BCUT2D eigenvalue weighted by Crippen LogP contribution is 2.43. The summed E-state index contributed by atoms with van der Waals surface area (Å²) >= 11 is 0. The summed E-state index contributed by atoms with van der Waals surface area (Å²) < 4.78 is 37.9. The van der Waals surface area contributed by atoms with Gasteiger partial charge in [-0.3, -0.25) is 4.79 Å². The lowest BCUT2D eigenvalue weighted by Crippen LogP contribution is -2.15. The van der Waals surface area contributed by atoms with E-state index in [0.29, 0.717) is 24.2 Å². The third kappa shape index (κ3) is 3.16. The summed E-state index contributed by atoms with van der Waals surface area (Å²) in [6, 6.07) is 11.0. The molecule has 1 fully saturated rings. The van der Waals surface area contributed by atoms with Crippen molar-refractivity contribution >= 4 is 26.7 Å². The van der Waals surface area contributed by atoms with Gasteiger partial charge in [0.25, 0.3) is 5.91 Å². The number of carbonyl (C=O) groups is 1. The van der Waals surface area contributed by atoms with Crippen molar-refractivity contribution in [3.63, 3.8) is 0 Å². The van der Waals surface area contributed by atoms with Crippen LogP contribution in [-0.4, -0.2) is 19.6 Å². The van der Waals surface area contributed by atoms with Crippen molar-refractivity contribution in [1.29, 1.82) is 0 Å². The van der Waals surface area contributed by atoms with E-state index in [9.17, 15) is 13.2 Å². The average molecular weight is 399 g/mol. The Morgan fingerprint density at radius 2 is 1.96 bits per heavy atom. The second kappa shape index (κ2) is 6.67. The summed E-state index contributed by atoms with van der Waals surface area (Å²) in [5.74, 6) is -0.214. The molecule has 0 radical (unpaired) electrons. The predicted octanol–water partition coefficient (Wildman–Crippen LogP) is 3.66. The van der Waals surface area contributed by atoms with Crippen molar-refractivity contribution in [3.05, 3.63) is 58.8 Å². The molecular formula is C21H21NO5S. The summed E-state index contributed by atoms with van der Waals surface area (Å²) in [4.78, 5) is 12.0. The minimum absolute atomic E-state index is 0.00537. The number of furan rings is 1. The molecule has 28 heavy (non-hydrogen) atoms. The van der Waals surface area contributed by atoms with Gasteiger partial charge >= 0.3 is 0 Å². The normalized spacial score (nSPS) is 14.4. The highest BCUT2D eigenvalue weighted by atomic mass is 32.2. The first-order valence-corrected chi connectivity index (χ1v) is 10.6. The molecule has 1 aliphatic rings. The molecule has 1 amide bonds. The first-order chi connectivity index (χ1) is 13.3. The molecule has 6 nitrogen and oxygen atoms in total. The number of ether oxygens (including phenoxy) is 1. The molecule has 1 aliphatic carbocycles. The molecule has 146 valence electrons. The van der Waals surface area contributed by atoms with Crippen molar-refractivity contribution in [2.24, 2.45) is 5.73 Å². The van der Waals surface area contributed by atoms with Crippen LogP contribution >= 0.6 is 0 Å². The zero-order valence-corrected chi connectivity index (χ0v) is 16.5. The number of hydrogen-bond acceptors (Lipinski definition) is 5. The number of carbonyl (C=O) groups excluding carboxylic acids is 1. The Labute approximate surface area is 163 Å². The SMILES string of the molecule is Cc1cccc(COc2ccc3oc(C)c(C(N)=O)c3c2S(=O)(=O)C2CC2)c1. The Balaban J connectivity index is 1.88.